The third-order valence-electron chi connectivity index (χ3n) is 2.99. The first-order valence-electron chi connectivity index (χ1n) is 6.98. The molecule has 11 heteroatoms. The van der Waals surface area contributed by atoms with Crippen molar-refractivity contribution in [1.29, 1.82) is 0 Å². The number of halogens is 4. The highest BCUT2D eigenvalue weighted by Gasteiger charge is 2.30. The van der Waals surface area contributed by atoms with Gasteiger partial charge in [0, 0.05) is 5.69 Å². The number of nitrogens with zero attached hydrogens (tertiary/aromatic N) is 3. The standard InChI is InChI=1S/C14H15ClF3N5O2/c1-13(2,25)9(24)20-12-22-10(15)21-11(23-12)19-8-5-3-4-7(6-8)14(16,17)18/h3-6,9,24-25H,1-2H3,(H2,19,20,21,22,23). The van der Waals surface area contributed by atoms with Crippen molar-refractivity contribution in [1.82, 2.24) is 15.0 Å². The van der Waals surface area contributed by atoms with Crippen LogP contribution in [0.15, 0.2) is 24.3 Å². The van der Waals surface area contributed by atoms with Gasteiger partial charge >= 0.3 is 6.18 Å². The van der Waals surface area contributed by atoms with Crippen LogP contribution >= 0.6 is 11.6 Å². The van der Waals surface area contributed by atoms with Crippen LogP contribution in [0.1, 0.15) is 19.4 Å². The van der Waals surface area contributed by atoms with E-state index >= 15 is 0 Å². The van der Waals surface area contributed by atoms with E-state index in [0.717, 1.165) is 12.1 Å². The van der Waals surface area contributed by atoms with Crippen LogP contribution < -0.4 is 10.6 Å². The molecule has 0 radical (unpaired) electrons. The SMILES string of the molecule is CC(C)(O)C(O)Nc1nc(Cl)nc(Nc2cccc(C(F)(F)F)c2)n1. The number of hydrogen-bond acceptors (Lipinski definition) is 7. The summed E-state index contributed by atoms with van der Waals surface area (Å²) in [7, 11) is 0. The lowest BCUT2D eigenvalue weighted by atomic mass is 10.1. The van der Waals surface area contributed by atoms with E-state index < -0.39 is 23.6 Å². The molecule has 2 rings (SSSR count). The van der Waals surface area contributed by atoms with Gasteiger partial charge < -0.3 is 20.8 Å². The summed E-state index contributed by atoms with van der Waals surface area (Å²) in [6.07, 6.45) is -5.90. The van der Waals surface area contributed by atoms with E-state index in [1.54, 1.807) is 0 Å². The van der Waals surface area contributed by atoms with Gasteiger partial charge in [-0.3, -0.25) is 0 Å². The molecule has 0 aliphatic rings. The molecule has 1 atom stereocenters. The molecule has 136 valence electrons. The van der Waals surface area contributed by atoms with Crippen molar-refractivity contribution in [2.45, 2.75) is 31.9 Å². The molecule has 1 heterocycles. The number of benzene rings is 1. The van der Waals surface area contributed by atoms with Gasteiger partial charge in [-0.1, -0.05) is 6.07 Å². The van der Waals surface area contributed by atoms with Gasteiger partial charge in [0.25, 0.3) is 0 Å². The smallest absolute Gasteiger partial charge is 0.386 e. The topological polar surface area (TPSA) is 103 Å². The fourth-order valence-corrected chi connectivity index (χ4v) is 1.83. The van der Waals surface area contributed by atoms with Crippen LogP contribution in [0, 0.1) is 0 Å². The van der Waals surface area contributed by atoms with Crippen molar-refractivity contribution in [3.63, 3.8) is 0 Å². The van der Waals surface area contributed by atoms with Gasteiger partial charge in [0.2, 0.25) is 17.2 Å². The third kappa shape index (κ3) is 5.41. The number of nitrogens with one attached hydrogen (secondary N) is 2. The second-order valence-corrected chi connectivity index (χ2v) is 5.99. The average molecular weight is 378 g/mol. The molecule has 0 saturated carbocycles. The first-order valence-corrected chi connectivity index (χ1v) is 7.36. The van der Waals surface area contributed by atoms with Crippen molar-refractivity contribution in [3.05, 3.63) is 35.1 Å². The second-order valence-electron chi connectivity index (χ2n) is 5.66. The molecular formula is C14H15ClF3N5O2. The molecule has 4 N–H and O–H groups in total. The Balaban J connectivity index is 2.23. The van der Waals surface area contributed by atoms with Gasteiger partial charge in [0.05, 0.1) is 5.56 Å². The predicted octanol–water partition coefficient (Wildman–Crippen LogP) is 2.79. The number of alkyl halides is 3. The third-order valence-corrected chi connectivity index (χ3v) is 3.16. The van der Waals surface area contributed by atoms with Crippen molar-refractivity contribution in [2.75, 3.05) is 10.6 Å². The van der Waals surface area contributed by atoms with Crippen LogP contribution in [-0.2, 0) is 6.18 Å². The maximum atomic E-state index is 12.7. The van der Waals surface area contributed by atoms with Gasteiger partial charge in [0.15, 0.2) is 6.23 Å². The fourth-order valence-electron chi connectivity index (χ4n) is 1.67. The Hall–Kier alpha value is -2.17. The molecule has 0 spiro atoms. The van der Waals surface area contributed by atoms with E-state index in [1.165, 1.54) is 26.0 Å². The van der Waals surface area contributed by atoms with E-state index in [4.69, 9.17) is 11.6 Å². The van der Waals surface area contributed by atoms with Crippen LogP contribution in [0.2, 0.25) is 5.28 Å². The second kappa shape index (κ2) is 6.98. The Kier molecular flexibility index (Phi) is 5.35. The Labute approximate surface area is 145 Å². The van der Waals surface area contributed by atoms with Gasteiger partial charge in [-0.15, -0.1) is 0 Å². The lowest BCUT2D eigenvalue weighted by Crippen LogP contribution is -2.42. The highest BCUT2D eigenvalue weighted by Crippen LogP contribution is 2.31. The Morgan fingerprint density at radius 3 is 2.36 bits per heavy atom. The number of aromatic nitrogens is 3. The van der Waals surface area contributed by atoms with E-state index in [9.17, 15) is 23.4 Å². The first kappa shape index (κ1) is 19.2. The zero-order chi connectivity index (χ0) is 18.8. The predicted molar refractivity (Wildman–Crippen MR) is 85.5 cm³/mol. The van der Waals surface area contributed by atoms with Crippen molar-refractivity contribution in [2.24, 2.45) is 0 Å². The summed E-state index contributed by atoms with van der Waals surface area (Å²) >= 11 is 5.75. The lowest BCUT2D eigenvalue weighted by Gasteiger charge is -2.25. The van der Waals surface area contributed by atoms with E-state index in [-0.39, 0.29) is 22.9 Å². The van der Waals surface area contributed by atoms with Crippen molar-refractivity contribution >= 4 is 29.2 Å². The molecule has 1 aromatic heterocycles. The van der Waals surface area contributed by atoms with Crippen LogP contribution in [0.4, 0.5) is 30.8 Å². The summed E-state index contributed by atoms with van der Waals surface area (Å²) in [6, 6.07) is 4.44. The summed E-state index contributed by atoms with van der Waals surface area (Å²) in [5.74, 6) is -0.297. The van der Waals surface area contributed by atoms with Gasteiger partial charge in [-0.2, -0.15) is 28.1 Å². The Bertz CT molecular complexity index is 752. The van der Waals surface area contributed by atoms with Gasteiger partial charge in [-0.05, 0) is 43.6 Å². The molecule has 0 fully saturated rings. The number of rotatable bonds is 5. The summed E-state index contributed by atoms with van der Waals surface area (Å²) < 4.78 is 38.2. The average Bonchev–Trinajstić information content (AvgIpc) is 2.45. The van der Waals surface area contributed by atoms with Crippen molar-refractivity contribution in [3.8, 4) is 0 Å². The number of anilines is 3. The maximum absolute atomic E-state index is 12.7. The molecule has 1 unspecified atom stereocenters. The highest BCUT2D eigenvalue weighted by atomic mass is 35.5. The monoisotopic (exact) mass is 377 g/mol. The Morgan fingerprint density at radius 2 is 1.76 bits per heavy atom. The summed E-state index contributed by atoms with van der Waals surface area (Å²) in [5, 5.41) is 24.2. The molecule has 1 aromatic carbocycles. The fraction of sp³-hybridized carbons (Fsp3) is 0.357. The van der Waals surface area contributed by atoms with Crippen LogP contribution in [-0.4, -0.2) is 37.0 Å². The quantitative estimate of drug-likeness (QED) is 0.594. The zero-order valence-electron chi connectivity index (χ0n) is 13.1. The largest absolute Gasteiger partial charge is 0.416 e. The van der Waals surface area contributed by atoms with Crippen LogP contribution in [0.25, 0.3) is 0 Å². The molecule has 0 bridgehead atoms. The minimum atomic E-state index is -4.49. The maximum Gasteiger partial charge on any atom is 0.416 e. The van der Waals surface area contributed by atoms with E-state index in [2.05, 4.69) is 25.6 Å². The van der Waals surface area contributed by atoms with Crippen LogP contribution in [0.5, 0.6) is 0 Å². The molecule has 7 nitrogen and oxygen atoms in total. The minimum Gasteiger partial charge on any atom is -0.386 e. The summed E-state index contributed by atoms with van der Waals surface area (Å²) in [4.78, 5) is 11.4. The van der Waals surface area contributed by atoms with E-state index in [0.29, 0.717) is 0 Å². The molecule has 0 amide bonds. The lowest BCUT2D eigenvalue weighted by molar-refractivity contribution is -0.137. The number of aliphatic hydroxyl groups is 2. The summed E-state index contributed by atoms with van der Waals surface area (Å²) in [5.41, 5.74) is -2.24. The summed E-state index contributed by atoms with van der Waals surface area (Å²) in [6.45, 7) is 2.71. The molecule has 2 aromatic rings. The molecule has 0 saturated heterocycles. The highest BCUT2D eigenvalue weighted by molar-refractivity contribution is 6.28. The molecule has 0 aliphatic carbocycles. The number of hydrogen-bond donors (Lipinski definition) is 4. The minimum absolute atomic E-state index is 0.0890. The normalized spacial score (nSPS) is 13.4. The Morgan fingerprint density at radius 1 is 1.12 bits per heavy atom. The molecule has 25 heavy (non-hydrogen) atoms. The zero-order valence-corrected chi connectivity index (χ0v) is 13.9. The number of aliphatic hydroxyl groups excluding tert-OH is 1. The molecular weight excluding hydrogens is 363 g/mol. The van der Waals surface area contributed by atoms with Gasteiger partial charge in [0.1, 0.15) is 5.60 Å². The first-order chi connectivity index (χ1) is 11.4. The van der Waals surface area contributed by atoms with E-state index in [1.807, 2.05) is 0 Å². The van der Waals surface area contributed by atoms with Crippen LogP contribution in [0.3, 0.4) is 0 Å². The van der Waals surface area contributed by atoms with Gasteiger partial charge in [-0.25, -0.2) is 0 Å². The molecule has 0 aliphatic heterocycles. The van der Waals surface area contributed by atoms with Crippen molar-refractivity contribution < 1.29 is 23.4 Å².